The molecule has 0 aliphatic heterocycles. The third-order valence-electron chi connectivity index (χ3n) is 4.07. The Kier molecular flexibility index (Phi) is 7.80. The summed E-state index contributed by atoms with van der Waals surface area (Å²) in [5.41, 5.74) is -0.0928. The minimum atomic E-state index is -3.98. The molecular weight excluding hydrogens is 444 g/mol. The summed E-state index contributed by atoms with van der Waals surface area (Å²) in [6.07, 6.45) is 3.38. The van der Waals surface area contributed by atoms with Gasteiger partial charge >= 0.3 is 11.4 Å². The maximum atomic E-state index is 12.2. The summed E-state index contributed by atoms with van der Waals surface area (Å²) in [4.78, 5) is 32.8. The van der Waals surface area contributed by atoms with Crippen LogP contribution in [0.4, 0.5) is 11.4 Å². The summed E-state index contributed by atoms with van der Waals surface area (Å²) >= 11 is 0. The van der Waals surface area contributed by atoms with Crippen LogP contribution in [0.2, 0.25) is 0 Å². The SMILES string of the molecule is COc1ccc(C=CC(=O)CS(=O)(=O)C=Cc2ccc(OC)c([N+](=O)[O-])c2)cc1[N+](=O)[O-]. The van der Waals surface area contributed by atoms with Gasteiger partial charge in [-0.25, -0.2) is 8.42 Å². The van der Waals surface area contributed by atoms with Crippen LogP contribution in [-0.4, -0.2) is 44.0 Å². The number of carbonyl (C=O) groups is 1. The lowest BCUT2D eigenvalue weighted by atomic mass is 10.1. The van der Waals surface area contributed by atoms with E-state index in [0.29, 0.717) is 5.56 Å². The maximum Gasteiger partial charge on any atom is 0.311 e. The van der Waals surface area contributed by atoms with E-state index in [0.717, 1.165) is 23.6 Å². The van der Waals surface area contributed by atoms with Crippen molar-refractivity contribution in [3.8, 4) is 11.5 Å². The number of ether oxygens (including phenoxy) is 2. The number of carbonyl (C=O) groups excluding carboxylic acids is 1. The van der Waals surface area contributed by atoms with E-state index < -0.39 is 31.2 Å². The molecule has 0 unspecified atom stereocenters. The topological polar surface area (TPSA) is 156 Å². The van der Waals surface area contributed by atoms with E-state index in [1.165, 1.54) is 50.6 Å². The molecule has 0 N–H and O–H groups in total. The molecule has 0 atom stereocenters. The van der Waals surface area contributed by atoms with Crippen molar-refractivity contribution in [2.24, 2.45) is 0 Å². The summed E-state index contributed by atoms with van der Waals surface area (Å²) in [6, 6.07) is 7.91. The smallest absolute Gasteiger partial charge is 0.311 e. The third kappa shape index (κ3) is 6.47. The molecule has 0 spiro atoms. The summed E-state index contributed by atoms with van der Waals surface area (Å²) < 4.78 is 34.1. The highest BCUT2D eigenvalue weighted by Gasteiger charge is 2.16. The summed E-state index contributed by atoms with van der Waals surface area (Å²) in [7, 11) is -1.42. The standard InChI is InChI=1S/C20H18N2O9S/c1-30-19-7-4-14(11-17(19)21(24)25)3-6-16(23)13-32(28,29)10-9-15-5-8-20(31-2)18(12-15)22(26)27/h3-12H,13H2,1-2H3. The predicted molar refractivity (Wildman–Crippen MR) is 116 cm³/mol. The van der Waals surface area contributed by atoms with Gasteiger partial charge in [0.1, 0.15) is 5.75 Å². The average Bonchev–Trinajstić information content (AvgIpc) is 2.75. The fourth-order valence-electron chi connectivity index (χ4n) is 2.57. The van der Waals surface area contributed by atoms with Gasteiger partial charge in [0.25, 0.3) is 0 Å². The predicted octanol–water partition coefficient (Wildman–Crippen LogP) is 3.19. The molecule has 32 heavy (non-hydrogen) atoms. The van der Waals surface area contributed by atoms with Gasteiger partial charge in [-0.15, -0.1) is 0 Å². The first-order valence-corrected chi connectivity index (χ1v) is 10.5. The number of methoxy groups -OCH3 is 2. The second-order valence-electron chi connectivity index (χ2n) is 6.29. The van der Waals surface area contributed by atoms with E-state index in [2.05, 4.69) is 0 Å². The molecule has 0 heterocycles. The van der Waals surface area contributed by atoms with Gasteiger partial charge in [-0.1, -0.05) is 18.2 Å². The van der Waals surface area contributed by atoms with Gasteiger partial charge in [0.15, 0.2) is 27.1 Å². The molecule has 0 aliphatic rings. The molecule has 11 nitrogen and oxygen atoms in total. The fraction of sp³-hybridized carbons (Fsp3) is 0.150. The Morgan fingerprint density at radius 3 is 1.81 bits per heavy atom. The molecule has 0 amide bonds. The molecule has 0 bridgehead atoms. The van der Waals surface area contributed by atoms with Gasteiger partial charge in [-0.2, -0.15) is 0 Å². The zero-order valence-corrected chi connectivity index (χ0v) is 17.8. The van der Waals surface area contributed by atoms with E-state index in [1.54, 1.807) is 0 Å². The van der Waals surface area contributed by atoms with Gasteiger partial charge in [-0.05, 0) is 35.4 Å². The zero-order valence-electron chi connectivity index (χ0n) is 17.0. The lowest BCUT2D eigenvalue weighted by Gasteiger charge is -2.02. The van der Waals surface area contributed by atoms with Crippen LogP contribution in [0.3, 0.4) is 0 Å². The van der Waals surface area contributed by atoms with Gasteiger partial charge in [-0.3, -0.25) is 25.0 Å². The molecule has 12 heteroatoms. The molecule has 2 aromatic carbocycles. The molecule has 0 aliphatic carbocycles. The summed E-state index contributed by atoms with van der Waals surface area (Å²) in [6.45, 7) is 0. The Hall–Kier alpha value is -4.06. The largest absolute Gasteiger partial charge is 0.490 e. The Balaban J connectivity index is 2.13. The van der Waals surface area contributed by atoms with Crippen molar-refractivity contribution in [2.45, 2.75) is 0 Å². The number of nitrogens with zero attached hydrogens (tertiary/aromatic N) is 2. The molecule has 2 rings (SSSR count). The van der Waals surface area contributed by atoms with E-state index in [1.807, 2.05) is 0 Å². The molecule has 2 aromatic rings. The highest BCUT2D eigenvalue weighted by atomic mass is 32.2. The highest BCUT2D eigenvalue weighted by Crippen LogP contribution is 2.29. The van der Waals surface area contributed by atoms with Crippen molar-refractivity contribution < 1.29 is 32.5 Å². The van der Waals surface area contributed by atoms with Gasteiger partial charge in [0.2, 0.25) is 0 Å². The second-order valence-corrected chi connectivity index (χ2v) is 8.17. The van der Waals surface area contributed by atoms with Crippen LogP contribution < -0.4 is 9.47 Å². The number of ketones is 1. The average molecular weight is 462 g/mol. The minimum Gasteiger partial charge on any atom is -0.490 e. The van der Waals surface area contributed by atoms with Gasteiger partial charge in [0.05, 0.1) is 24.1 Å². The van der Waals surface area contributed by atoms with Crippen LogP contribution in [0.1, 0.15) is 11.1 Å². The number of nitro groups is 2. The lowest BCUT2D eigenvalue weighted by Crippen LogP contribution is -2.11. The number of rotatable bonds is 10. The van der Waals surface area contributed by atoms with Crippen molar-refractivity contribution in [1.29, 1.82) is 0 Å². The minimum absolute atomic E-state index is 0.0223. The molecule has 0 aromatic heterocycles. The molecular formula is C20H18N2O9S. The number of allylic oxidation sites excluding steroid dienone is 1. The van der Waals surface area contributed by atoms with Crippen molar-refractivity contribution >= 4 is 39.1 Å². The summed E-state index contributed by atoms with van der Waals surface area (Å²) in [5, 5.41) is 22.9. The Labute approximate surface area is 182 Å². The lowest BCUT2D eigenvalue weighted by molar-refractivity contribution is -0.385. The van der Waals surface area contributed by atoms with Crippen LogP contribution in [0.15, 0.2) is 47.9 Å². The Morgan fingerprint density at radius 2 is 1.38 bits per heavy atom. The molecule has 0 saturated carbocycles. The number of hydrogen-bond donors (Lipinski definition) is 0. The number of sulfone groups is 1. The summed E-state index contributed by atoms with van der Waals surface area (Å²) in [5.74, 6) is -1.54. The highest BCUT2D eigenvalue weighted by molar-refractivity contribution is 7.95. The van der Waals surface area contributed by atoms with Crippen molar-refractivity contribution in [3.05, 3.63) is 79.2 Å². The normalized spacial score (nSPS) is 11.6. The van der Waals surface area contributed by atoms with E-state index in [-0.39, 0.29) is 28.4 Å². The van der Waals surface area contributed by atoms with Crippen LogP contribution in [0, 0.1) is 20.2 Å². The molecule has 0 radical (unpaired) electrons. The first-order chi connectivity index (χ1) is 15.1. The van der Waals surface area contributed by atoms with Crippen molar-refractivity contribution in [1.82, 2.24) is 0 Å². The van der Waals surface area contributed by atoms with Crippen molar-refractivity contribution in [3.63, 3.8) is 0 Å². The number of nitro benzene ring substituents is 2. The van der Waals surface area contributed by atoms with Crippen LogP contribution in [0.5, 0.6) is 11.5 Å². The maximum absolute atomic E-state index is 12.2. The van der Waals surface area contributed by atoms with E-state index in [9.17, 15) is 33.4 Å². The Bertz CT molecular complexity index is 1220. The monoisotopic (exact) mass is 462 g/mol. The number of hydrogen-bond acceptors (Lipinski definition) is 9. The van der Waals surface area contributed by atoms with Gasteiger partial charge in [0, 0.05) is 17.5 Å². The van der Waals surface area contributed by atoms with Crippen LogP contribution in [0.25, 0.3) is 12.2 Å². The first kappa shape index (κ1) is 24.2. The quantitative estimate of drug-likeness (QED) is 0.294. The second kappa shape index (κ2) is 10.3. The van der Waals surface area contributed by atoms with E-state index >= 15 is 0 Å². The molecule has 0 saturated heterocycles. The van der Waals surface area contributed by atoms with Gasteiger partial charge < -0.3 is 9.47 Å². The van der Waals surface area contributed by atoms with E-state index in [4.69, 9.17) is 9.47 Å². The fourth-order valence-corrected chi connectivity index (χ4v) is 3.53. The zero-order chi connectivity index (χ0) is 23.9. The van der Waals surface area contributed by atoms with Crippen LogP contribution >= 0.6 is 0 Å². The van der Waals surface area contributed by atoms with Crippen molar-refractivity contribution in [2.75, 3.05) is 20.0 Å². The number of benzene rings is 2. The Morgan fingerprint density at radius 1 is 0.906 bits per heavy atom. The molecule has 0 fully saturated rings. The molecule has 168 valence electrons. The van der Waals surface area contributed by atoms with Crippen LogP contribution in [-0.2, 0) is 14.6 Å². The third-order valence-corrected chi connectivity index (χ3v) is 5.31. The first-order valence-electron chi connectivity index (χ1n) is 8.83.